The molecule has 0 bridgehead atoms. The summed E-state index contributed by atoms with van der Waals surface area (Å²) in [7, 11) is 0. The Kier molecular flexibility index (Phi) is 4.18. The van der Waals surface area contributed by atoms with Gasteiger partial charge >= 0.3 is 0 Å². The minimum atomic E-state index is 0.585. The van der Waals surface area contributed by atoms with Gasteiger partial charge in [0.1, 0.15) is 0 Å². The Morgan fingerprint density at radius 2 is 1.64 bits per heavy atom. The SMILES string of the molecule is Cc1cccc(C)c1CC(C)C(C)Br. The third kappa shape index (κ3) is 2.84. The maximum Gasteiger partial charge on any atom is 0.0146 e. The highest BCUT2D eigenvalue weighted by Gasteiger charge is 2.12. The summed E-state index contributed by atoms with van der Waals surface area (Å²) in [5, 5.41) is 0. The second-order valence-electron chi connectivity index (χ2n) is 4.23. The van der Waals surface area contributed by atoms with Crippen LogP contribution in [0.25, 0.3) is 0 Å². The molecule has 14 heavy (non-hydrogen) atoms. The van der Waals surface area contributed by atoms with Gasteiger partial charge in [0.2, 0.25) is 0 Å². The third-order valence-electron chi connectivity index (χ3n) is 2.95. The van der Waals surface area contributed by atoms with E-state index in [1.54, 1.807) is 0 Å². The molecule has 0 aliphatic rings. The first kappa shape index (κ1) is 11.8. The number of benzene rings is 1. The molecule has 2 unspecified atom stereocenters. The number of halogens is 1. The molecule has 0 spiro atoms. The van der Waals surface area contributed by atoms with Gasteiger partial charge in [-0.1, -0.05) is 48.0 Å². The fourth-order valence-corrected chi connectivity index (χ4v) is 1.84. The van der Waals surface area contributed by atoms with E-state index < -0.39 is 0 Å². The number of alkyl halides is 1. The Morgan fingerprint density at radius 3 is 2.07 bits per heavy atom. The molecule has 0 aliphatic carbocycles. The number of rotatable bonds is 3. The maximum absolute atomic E-state index is 3.65. The van der Waals surface area contributed by atoms with E-state index in [0.717, 1.165) is 0 Å². The van der Waals surface area contributed by atoms with E-state index in [-0.39, 0.29) is 0 Å². The van der Waals surface area contributed by atoms with Crippen LogP contribution in [0.15, 0.2) is 18.2 Å². The molecule has 0 saturated heterocycles. The second kappa shape index (κ2) is 4.97. The van der Waals surface area contributed by atoms with Crippen molar-refractivity contribution in [1.82, 2.24) is 0 Å². The molecule has 1 aromatic rings. The van der Waals surface area contributed by atoms with Gasteiger partial charge in [-0.05, 0) is 42.9 Å². The Morgan fingerprint density at radius 1 is 1.14 bits per heavy atom. The van der Waals surface area contributed by atoms with Gasteiger partial charge in [-0.2, -0.15) is 0 Å². The average Bonchev–Trinajstić information content (AvgIpc) is 2.11. The highest BCUT2D eigenvalue weighted by atomic mass is 79.9. The molecule has 0 aliphatic heterocycles. The summed E-state index contributed by atoms with van der Waals surface area (Å²) in [6, 6.07) is 6.54. The van der Waals surface area contributed by atoms with Crippen molar-refractivity contribution in [3.8, 4) is 0 Å². The van der Waals surface area contributed by atoms with E-state index in [1.165, 1.54) is 23.1 Å². The highest BCUT2D eigenvalue weighted by Crippen LogP contribution is 2.22. The summed E-state index contributed by atoms with van der Waals surface area (Å²) in [5.41, 5.74) is 4.36. The van der Waals surface area contributed by atoms with Crippen LogP contribution in [0.1, 0.15) is 30.5 Å². The Hall–Kier alpha value is -0.300. The molecule has 0 fully saturated rings. The van der Waals surface area contributed by atoms with Gasteiger partial charge in [0.25, 0.3) is 0 Å². The summed E-state index contributed by atoms with van der Waals surface area (Å²) in [4.78, 5) is 0.585. The Labute approximate surface area is 95.9 Å². The molecule has 1 heteroatoms. The lowest BCUT2D eigenvalue weighted by Crippen LogP contribution is -2.11. The monoisotopic (exact) mass is 254 g/mol. The average molecular weight is 255 g/mol. The van der Waals surface area contributed by atoms with Gasteiger partial charge in [0.15, 0.2) is 0 Å². The molecule has 78 valence electrons. The fourth-order valence-electron chi connectivity index (χ4n) is 1.66. The molecule has 0 N–H and O–H groups in total. The summed E-state index contributed by atoms with van der Waals surface area (Å²) in [6.45, 7) is 8.92. The molecule has 1 rings (SSSR count). The van der Waals surface area contributed by atoms with Crippen molar-refractivity contribution in [1.29, 1.82) is 0 Å². The lowest BCUT2D eigenvalue weighted by molar-refractivity contribution is 0.578. The van der Waals surface area contributed by atoms with Crippen LogP contribution < -0.4 is 0 Å². The van der Waals surface area contributed by atoms with Crippen LogP contribution in [0.3, 0.4) is 0 Å². The van der Waals surface area contributed by atoms with E-state index in [9.17, 15) is 0 Å². The van der Waals surface area contributed by atoms with Crippen molar-refractivity contribution >= 4 is 15.9 Å². The number of hydrogen-bond acceptors (Lipinski definition) is 0. The van der Waals surface area contributed by atoms with Crippen LogP contribution in [0.4, 0.5) is 0 Å². The van der Waals surface area contributed by atoms with Crippen LogP contribution in [-0.2, 0) is 6.42 Å². The first-order valence-corrected chi connectivity index (χ1v) is 6.13. The standard InChI is InChI=1S/C13H19Br/c1-9-6-5-7-10(2)13(9)8-11(3)12(4)14/h5-7,11-12H,8H2,1-4H3. The van der Waals surface area contributed by atoms with Crippen LogP contribution in [0.5, 0.6) is 0 Å². The molecular weight excluding hydrogens is 236 g/mol. The van der Waals surface area contributed by atoms with Gasteiger partial charge in [-0.25, -0.2) is 0 Å². The summed E-state index contributed by atoms with van der Waals surface area (Å²) in [5.74, 6) is 0.690. The van der Waals surface area contributed by atoms with Crippen molar-refractivity contribution in [2.45, 2.75) is 38.9 Å². The smallest absolute Gasteiger partial charge is 0.0146 e. The number of aryl methyl sites for hydroxylation is 2. The minimum Gasteiger partial charge on any atom is -0.0891 e. The topological polar surface area (TPSA) is 0 Å². The van der Waals surface area contributed by atoms with Crippen LogP contribution in [0.2, 0.25) is 0 Å². The van der Waals surface area contributed by atoms with E-state index in [4.69, 9.17) is 0 Å². The van der Waals surface area contributed by atoms with Crippen molar-refractivity contribution in [3.05, 3.63) is 34.9 Å². The molecule has 2 atom stereocenters. The predicted molar refractivity (Wildman–Crippen MR) is 67.2 cm³/mol. The van der Waals surface area contributed by atoms with Gasteiger partial charge in [-0.15, -0.1) is 0 Å². The van der Waals surface area contributed by atoms with Crippen molar-refractivity contribution in [3.63, 3.8) is 0 Å². The molecule has 0 heterocycles. The van der Waals surface area contributed by atoms with E-state index in [1.807, 2.05) is 0 Å². The normalized spacial score (nSPS) is 15.2. The zero-order valence-corrected chi connectivity index (χ0v) is 11.1. The van der Waals surface area contributed by atoms with Crippen molar-refractivity contribution < 1.29 is 0 Å². The molecular formula is C13H19Br. The lowest BCUT2D eigenvalue weighted by Gasteiger charge is -2.17. The fraction of sp³-hybridized carbons (Fsp3) is 0.538. The van der Waals surface area contributed by atoms with Crippen LogP contribution >= 0.6 is 15.9 Å². The zero-order valence-electron chi connectivity index (χ0n) is 9.47. The maximum atomic E-state index is 3.65. The van der Waals surface area contributed by atoms with E-state index in [2.05, 4.69) is 61.8 Å². The van der Waals surface area contributed by atoms with Crippen LogP contribution in [-0.4, -0.2) is 4.83 Å². The molecule has 0 radical (unpaired) electrons. The Bertz CT molecular complexity index is 282. The Balaban J connectivity index is 2.85. The predicted octanol–water partition coefficient (Wildman–Crippen LogP) is 4.27. The third-order valence-corrected chi connectivity index (χ3v) is 3.86. The first-order valence-electron chi connectivity index (χ1n) is 5.21. The number of hydrogen-bond donors (Lipinski definition) is 0. The summed E-state index contributed by atoms with van der Waals surface area (Å²) in [6.07, 6.45) is 1.17. The quantitative estimate of drug-likeness (QED) is 0.708. The molecule has 0 amide bonds. The van der Waals surface area contributed by atoms with E-state index in [0.29, 0.717) is 10.7 Å². The van der Waals surface area contributed by atoms with Crippen molar-refractivity contribution in [2.75, 3.05) is 0 Å². The summed E-state index contributed by atoms with van der Waals surface area (Å²) < 4.78 is 0. The second-order valence-corrected chi connectivity index (χ2v) is 5.67. The molecule has 0 saturated carbocycles. The van der Waals surface area contributed by atoms with Gasteiger partial charge < -0.3 is 0 Å². The summed E-state index contributed by atoms with van der Waals surface area (Å²) >= 11 is 3.65. The zero-order chi connectivity index (χ0) is 10.7. The van der Waals surface area contributed by atoms with Crippen molar-refractivity contribution in [2.24, 2.45) is 5.92 Å². The largest absolute Gasteiger partial charge is 0.0891 e. The molecule has 1 aromatic carbocycles. The highest BCUT2D eigenvalue weighted by molar-refractivity contribution is 9.09. The van der Waals surface area contributed by atoms with Gasteiger partial charge in [0, 0.05) is 4.83 Å². The first-order chi connectivity index (χ1) is 6.52. The molecule has 0 aromatic heterocycles. The van der Waals surface area contributed by atoms with Gasteiger partial charge in [0.05, 0.1) is 0 Å². The molecule has 0 nitrogen and oxygen atoms in total. The van der Waals surface area contributed by atoms with Gasteiger partial charge in [-0.3, -0.25) is 0 Å². The lowest BCUT2D eigenvalue weighted by atomic mass is 9.92. The van der Waals surface area contributed by atoms with Crippen LogP contribution in [0, 0.1) is 19.8 Å². The minimum absolute atomic E-state index is 0.585. The van der Waals surface area contributed by atoms with E-state index >= 15 is 0 Å².